The van der Waals surface area contributed by atoms with Crippen LogP contribution in [0.1, 0.15) is 48.2 Å². The van der Waals surface area contributed by atoms with Crippen LogP contribution in [0.25, 0.3) is 11.1 Å². The first-order valence-electron chi connectivity index (χ1n) is 22.5. The van der Waals surface area contributed by atoms with Crippen molar-refractivity contribution in [1.29, 1.82) is 0 Å². The molecule has 0 atom stereocenters. The Morgan fingerprint density at radius 2 is 1.14 bits per heavy atom. The van der Waals surface area contributed by atoms with Gasteiger partial charge >= 0.3 is 6.18 Å². The van der Waals surface area contributed by atoms with E-state index in [9.17, 15) is 18.0 Å². The standard InChI is InChI=1S/C36H54B16F4N4O2S/c1-3-58(4-2)8-9-59(34(49,50)16-24(43)20(39)14(21(40)25(16)44)15-22(41)26(45)17(36(54,55)56)27(46)23(15)42)32(62)35(51,52)60-13-7-5-6-11(13)31(61)57-33(60)63-10-12-18(37)28(47)30(53)29(48)19(12)38/h3-10,37-52H2,1-2H3. The zero-order valence-electron chi connectivity index (χ0n) is 41.2. The molecule has 1 amide bonds. The van der Waals surface area contributed by atoms with E-state index in [0.717, 1.165) is 80.2 Å². The van der Waals surface area contributed by atoms with Gasteiger partial charge in [-0.25, -0.2) is 4.39 Å². The molecule has 1 aliphatic rings. The maximum atomic E-state index is 15.9. The lowest BCUT2D eigenvalue weighted by Gasteiger charge is -2.48. The number of carbonyl (C=O) groups excluding carboxylic acids is 1. The highest BCUT2D eigenvalue weighted by molar-refractivity contribution is 7.98. The summed E-state index contributed by atoms with van der Waals surface area (Å²) in [5, 5.41) is -1.58. The second kappa shape index (κ2) is 18.8. The molecule has 63 heavy (non-hydrogen) atoms. The maximum Gasteiger partial charge on any atom is 0.415 e. The van der Waals surface area contributed by atoms with E-state index < -0.39 is 22.4 Å². The zero-order valence-corrected chi connectivity index (χ0v) is 42.0. The van der Waals surface area contributed by atoms with Crippen LogP contribution in [0.15, 0.2) is 9.95 Å². The smallest absolute Gasteiger partial charge is 0.347 e. The normalized spacial score (nSPS) is 13.1. The molecule has 0 unspecified atom stereocenters. The molecule has 3 aromatic carbocycles. The van der Waals surface area contributed by atoms with Crippen LogP contribution >= 0.6 is 11.8 Å². The van der Waals surface area contributed by atoms with E-state index in [4.69, 9.17) is 4.98 Å². The molecule has 1 aliphatic carbocycles. The number of thioether (sulfide) groups is 1. The monoisotopic (exact) mass is 859 g/mol. The van der Waals surface area contributed by atoms with Crippen molar-refractivity contribution < 1.29 is 22.4 Å². The van der Waals surface area contributed by atoms with Crippen molar-refractivity contribution in [2.24, 2.45) is 0 Å². The van der Waals surface area contributed by atoms with Crippen molar-refractivity contribution in [1.82, 2.24) is 19.4 Å². The highest BCUT2D eigenvalue weighted by atomic mass is 32.2. The number of likely N-dealkylation sites (N-methyl/N-ethyl adjacent to an activating group) is 1. The predicted octanol–water partition coefficient (Wildman–Crippen LogP) is -17.9. The first-order valence-corrected chi connectivity index (χ1v) is 23.4. The number of carbonyl (C=O) groups is 1. The Morgan fingerprint density at radius 3 is 1.59 bits per heavy atom. The Morgan fingerprint density at radius 1 is 0.683 bits per heavy atom. The summed E-state index contributed by atoms with van der Waals surface area (Å²) in [6.07, 6.45) is -2.43. The molecule has 4 aromatic rings. The van der Waals surface area contributed by atoms with Crippen molar-refractivity contribution in [2.45, 2.75) is 60.9 Å². The van der Waals surface area contributed by atoms with Gasteiger partial charge in [0, 0.05) is 41.0 Å². The van der Waals surface area contributed by atoms with E-state index >= 15 is 9.18 Å². The van der Waals surface area contributed by atoms with Crippen LogP contribution in [-0.4, -0.2) is 177 Å². The van der Waals surface area contributed by atoms with Crippen LogP contribution in [-0.2, 0) is 40.2 Å². The minimum Gasteiger partial charge on any atom is -0.347 e. The van der Waals surface area contributed by atoms with Crippen molar-refractivity contribution in [3.8, 4) is 11.1 Å². The summed E-state index contributed by atoms with van der Waals surface area (Å²) in [4.78, 5) is 38.6. The van der Waals surface area contributed by atoms with E-state index in [1.54, 1.807) is 47.1 Å². The number of benzene rings is 3. The van der Waals surface area contributed by atoms with Gasteiger partial charge in [0.05, 0.1) is 5.34 Å². The lowest BCUT2D eigenvalue weighted by Crippen LogP contribution is -2.65. The van der Waals surface area contributed by atoms with Gasteiger partial charge in [-0.1, -0.05) is 102 Å². The molecule has 0 bridgehead atoms. The van der Waals surface area contributed by atoms with Crippen molar-refractivity contribution in [2.75, 3.05) is 26.2 Å². The minimum atomic E-state index is -4.47. The summed E-state index contributed by atoms with van der Waals surface area (Å²) in [5.74, 6) is 0.138. The molecule has 0 saturated heterocycles. The quantitative estimate of drug-likeness (QED) is 0.0580. The van der Waals surface area contributed by atoms with Crippen LogP contribution in [0, 0.1) is 5.82 Å². The summed E-state index contributed by atoms with van der Waals surface area (Å²) in [7, 11) is 30.5. The summed E-state index contributed by atoms with van der Waals surface area (Å²) >= 11 is 1.42. The summed E-state index contributed by atoms with van der Waals surface area (Å²) in [6, 6.07) is 0. The predicted molar refractivity (Wildman–Crippen MR) is 305 cm³/mol. The number of nitrogens with zero attached hydrogens (tertiary/aromatic N) is 4. The van der Waals surface area contributed by atoms with Crippen molar-refractivity contribution in [3.63, 3.8) is 0 Å². The van der Waals surface area contributed by atoms with Gasteiger partial charge in [-0.15, -0.1) is 0 Å². The number of fused-ring (bicyclic) bond motifs is 1. The molecule has 1 aromatic heterocycles. The van der Waals surface area contributed by atoms with E-state index in [0.29, 0.717) is 64.3 Å². The fourth-order valence-corrected chi connectivity index (χ4v) is 11.9. The molecule has 5 rings (SSSR count). The molecular formula is C36H54B16F4N4O2S. The highest BCUT2D eigenvalue weighted by Crippen LogP contribution is 2.33. The lowest BCUT2D eigenvalue weighted by molar-refractivity contribution is -0.137. The van der Waals surface area contributed by atoms with Gasteiger partial charge in [0.2, 0.25) is 5.91 Å². The number of rotatable bonds is 13. The summed E-state index contributed by atoms with van der Waals surface area (Å²) in [6.45, 7) is 6.93. The van der Waals surface area contributed by atoms with Crippen molar-refractivity contribution >= 4 is 209 Å². The number of hydrogen-bond acceptors (Lipinski definition) is 5. The van der Waals surface area contributed by atoms with Crippen molar-refractivity contribution in [3.05, 3.63) is 44.1 Å². The van der Waals surface area contributed by atoms with Crippen LogP contribution in [0.2, 0.25) is 0 Å². The third kappa shape index (κ3) is 8.90. The second-order valence-corrected chi connectivity index (χ2v) is 19.9. The summed E-state index contributed by atoms with van der Waals surface area (Å²) in [5.41, 5.74) is 13.0. The molecule has 0 N–H and O–H groups in total. The van der Waals surface area contributed by atoms with Crippen LogP contribution in [0.3, 0.4) is 0 Å². The molecular weight excluding hydrogens is 801 g/mol. The molecule has 1 heterocycles. The summed E-state index contributed by atoms with van der Waals surface area (Å²) < 4.78 is 60.3. The maximum absolute atomic E-state index is 15.9. The molecule has 0 fully saturated rings. The molecule has 312 valence electrons. The van der Waals surface area contributed by atoms with Gasteiger partial charge in [-0.2, -0.15) is 18.2 Å². The first kappa shape index (κ1) is 51.1. The van der Waals surface area contributed by atoms with Gasteiger partial charge in [0.15, 0.2) is 5.16 Å². The fourth-order valence-electron chi connectivity index (χ4n) is 10.6. The molecule has 6 nitrogen and oxygen atoms in total. The average molecular weight is 856 g/mol. The zero-order chi connectivity index (χ0) is 47.6. The Kier molecular flexibility index (Phi) is 15.2. The number of alkyl halides is 3. The van der Waals surface area contributed by atoms with Gasteiger partial charge in [0.1, 0.15) is 131 Å². The Hall–Kier alpha value is -2.92. The highest BCUT2D eigenvalue weighted by Gasteiger charge is 2.44. The topological polar surface area (TPSA) is 58.4 Å². The van der Waals surface area contributed by atoms with E-state index in [-0.39, 0.29) is 28.2 Å². The van der Waals surface area contributed by atoms with Crippen LogP contribution < -0.4 is 71.1 Å². The second-order valence-electron chi connectivity index (χ2n) is 19.0. The Bertz CT molecular complexity index is 2500. The largest absolute Gasteiger partial charge is 0.415 e. The van der Waals surface area contributed by atoms with Gasteiger partial charge in [-0.05, 0) is 43.5 Å². The van der Waals surface area contributed by atoms with Crippen LogP contribution in [0.5, 0.6) is 0 Å². The lowest BCUT2D eigenvalue weighted by atomic mass is 9.48. The number of hydrogen-bond donors (Lipinski definition) is 0. The average Bonchev–Trinajstić information content (AvgIpc) is 3.70. The Labute approximate surface area is 390 Å². The first-order chi connectivity index (χ1) is 29.1. The number of aromatic nitrogens is 2. The molecule has 0 saturated carbocycles. The SMILES string of the molecule is Bc1c(B)c(CSc2nc(=O)c3c(n2C(B)(B)C(=O)N(CCN(CC)CC)C(B)(B)c2c(B)c(B)c(-c4c(B)c(B)c(C(F)(F)F)c(B)c4B)c(B)c2B)CCC3)c(B)c(B)c1F. The molecule has 27 heteroatoms. The van der Waals surface area contributed by atoms with E-state index in [2.05, 4.69) is 65.8 Å². The number of amides is 1. The van der Waals surface area contributed by atoms with E-state index in [1.807, 2.05) is 40.9 Å². The number of halogens is 4. The van der Waals surface area contributed by atoms with E-state index in [1.165, 1.54) is 11.8 Å². The molecule has 0 radical (unpaired) electrons. The van der Waals surface area contributed by atoms with Gasteiger partial charge in [0.25, 0.3) is 5.56 Å². The minimum absolute atomic E-state index is 0.110. The third-order valence-electron chi connectivity index (χ3n) is 15.1. The van der Waals surface area contributed by atoms with Crippen LogP contribution in [0.4, 0.5) is 17.6 Å². The van der Waals surface area contributed by atoms with Gasteiger partial charge < -0.3 is 14.4 Å². The van der Waals surface area contributed by atoms with Gasteiger partial charge in [-0.3, -0.25) is 9.59 Å². The fraction of sp³-hybridized carbons (Fsp3) is 0.361. The molecule has 0 aliphatic heterocycles. The molecule has 0 spiro atoms. The Balaban J connectivity index is 1.72. The third-order valence-corrected chi connectivity index (χ3v) is 16.0.